The Labute approximate surface area is 84.2 Å². The monoisotopic (exact) mass is 192 g/mol. The van der Waals surface area contributed by atoms with Crippen LogP contribution >= 0.6 is 11.3 Å². The van der Waals surface area contributed by atoms with Crippen molar-refractivity contribution in [1.82, 2.24) is 0 Å². The summed E-state index contributed by atoms with van der Waals surface area (Å²) in [5, 5.41) is 3.54. The minimum absolute atomic E-state index is 1.14. The second-order valence-corrected chi connectivity index (χ2v) is 3.53. The van der Waals surface area contributed by atoms with Gasteiger partial charge in [-0.05, 0) is 28.8 Å². The first-order chi connectivity index (χ1) is 6.42. The predicted octanol–water partition coefficient (Wildman–Crippen LogP) is 4.49. The largest absolute Gasteiger partial charge is 0.144 e. The Morgan fingerprint density at radius 3 is 2.62 bits per heavy atom. The van der Waals surface area contributed by atoms with Crippen LogP contribution in [0.1, 0.15) is 26.3 Å². The molecule has 0 bridgehead atoms. The van der Waals surface area contributed by atoms with E-state index in [1.807, 2.05) is 25.2 Å². The van der Waals surface area contributed by atoms with Crippen LogP contribution in [0.15, 0.2) is 29.6 Å². The van der Waals surface area contributed by atoms with Gasteiger partial charge < -0.3 is 0 Å². The molecule has 0 unspecified atom stereocenters. The highest BCUT2D eigenvalue weighted by molar-refractivity contribution is 7.17. The zero-order valence-corrected chi connectivity index (χ0v) is 9.32. The van der Waals surface area contributed by atoms with Crippen molar-refractivity contribution in [2.45, 2.75) is 27.2 Å². The summed E-state index contributed by atoms with van der Waals surface area (Å²) in [6.07, 6.45) is 1.14. The summed E-state index contributed by atoms with van der Waals surface area (Å²) in [5.74, 6) is 0. The van der Waals surface area contributed by atoms with Crippen molar-refractivity contribution >= 4 is 21.4 Å². The molecule has 0 nitrogen and oxygen atoms in total. The lowest BCUT2D eigenvalue weighted by molar-refractivity contribution is 1.16. The van der Waals surface area contributed by atoms with Crippen LogP contribution in [-0.2, 0) is 6.42 Å². The summed E-state index contributed by atoms with van der Waals surface area (Å²) in [6, 6.07) is 8.69. The van der Waals surface area contributed by atoms with Crippen LogP contribution in [0.25, 0.3) is 10.1 Å². The number of fused-ring (bicyclic) bond motifs is 1. The van der Waals surface area contributed by atoms with Gasteiger partial charge in [0, 0.05) is 4.70 Å². The number of aryl methyl sites for hydroxylation is 1. The van der Waals surface area contributed by atoms with Crippen molar-refractivity contribution in [3.63, 3.8) is 0 Å². The van der Waals surface area contributed by atoms with Crippen molar-refractivity contribution in [3.8, 4) is 0 Å². The van der Waals surface area contributed by atoms with Crippen molar-refractivity contribution in [2.24, 2.45) is 0 Å². The van der Waals surface area contributed by atoms with Gasteiger partial charge in [-0.15, -0.1) is 11.3 Å². The van der Waals surface area contributed by atoms with E-state index in [9.17, 15) is 0 Å². The maximum atomic E-state index is 2.21. The molecule has 0 amide bonds. The first-order valence-electron chi connectivity index (χ1n) is 4.87. The number of hydrogen-bond acceptors (Lipinski definition) is 1. The third-order valence-electron chi connectivity index (χ3n) is 1.94. The highest BCUT2D eigenvalue weighted by atomic mass is 32.1. The summed E-state index contributed by atoms with van der Waals surface area (Å²) in [4.78, 5) is 0. The van der Waals surface area contributed by atoms with E-state index in [1.54, 1.807) is 0 Å². The molecule has 0 spiro atoms. The molecule has 0 fully saturated rings. The lowest BCUT2D eigenvalue weighted by atomic mass is 10.1. The van der Waals surface area contributed by atoms with Crippen molar-refractivity contribution < 1.29 is 0 Å². The van der Waals surface area contributed by atoms with Gasteiger partial charge in [0.05, 0.1) is 0 Å². The summed E-state index contributed by atoms with van der Waals surface area (Å²) in [6.45, 7) is 6.20. The van der Waals surface area contributed by atoms with E-state index >= 15 is 0 Å². The highest BCUT2D eigenvalue weighted by Gasteiger charge is 1.97. The molecule has 70 valence electrons. The molecule has 0 radical (unpaired) electrons. The molecule has 13 heavy (non-hydrogen) atoms. The Morgan fingerprint density at radius 1 is 1.15 bits per heavy atom. The Kier molecular flexibility index (Phi) is 3.97. The van der Waals surface area contributed by atoms with E-state index in [1.165, 1.54) is 15.6 Å². The number of thiophene rings is 1. The highest BCUT2D eigenvalue weighted by Crippen LogP contribution is 2.24. The van der Waals surface area contributed by atoms with Crippen LogP contribution in [0, 0.1) is 0 Å². The second-order valence-electron chi connectivity index (χ2n) is 2.61. The fraction of sp³-hybridized carbons (Fsp3) is 0.333. The molecule has 0 aliphatic rings. The van der Waals surface area contributed by atoms with Crippen molar-refractivity contribution in [3.05, 3.63) is 35.2 Å². The minimum Gasteiger partial charge on any atom is -0.144 e. The standard InChI is InChI=1S/C10H10S.C2H6/c1-2-8-4-3-5-9-6-7-11-10(8)9;1-2/h3-7H,2H2,1H3;1-2H3. The van der Waals surface area contributed by atoms with Gasteiger partial charge in [0.15, 0.2) is 0 Å². The van der Waals surface area contributed by atoms with Crippen LogP contribution in [-0.4, -0.2) is 0 Å². The third kappa shape index (κ3) is 2.10. The average molecular weight is 192 g/mol. The number of benzene rings is 1. The van der Waals surface area contributed by atoms with Gasteiger partial charge in [-0.1, -0.05) is 39.0 Å². The van der Waals surface area contributed by atoms with Crippen molar-refractivity contribution in [1.29, 1.82) is 0 Å². The van der Waals surface area contributed by atoms with E-state index in [2.05, 4.69) is 36.6 Å². The SMILES string of the molecule is CC.CCc1cccc2ccsc12. The molecule has 0 aliphatic heterocycles. The van der Waals surface area contributed by atoms with Gasteiger partial charge in [0.25, 0.3) is 0 Å². The first kappa shape index (κ1) is 10.3. The fourth-order valence-corrected chi connectivity index (χ4v) is 2.32. The molecule has 0 atom stereocenters. The van der Waals surface area contributed by atoms with Gasteiger partial charge in [0.1, 0.15) is 0 Å². The van der Waals surface area contributed by atoms with E-state index in [0.29, 0.717) is 0 Å². The van der Waals surface area contributed by atoms with Crippen LogP contribution in [0.5, 0.6) is 0 Å². The molecule has 0 saturated carbocycles. The van der Waals surface area contributed by atoms with Crippen LogP contribution in [0.2, 0.25) is 0 Å². The third-order valence-corrected chi connectivity index (χ3v) is 2.95. The summed E-state index contributed by atoms with van der Waals surface area (Å²) < 4.78 is 1.45. The Hall–Kier alpha value is -0.820. The lowest BCUT2D eigenvalue weighted by Crippen LogP contribution is -1.77. The Balaban J connectivity index is 0.000000396. The molecule has 2 aromatic rings. The van der Waals surface area contributed by atoms with E-state index < -0.39 is 0 Å². The van der Waals surface area contributed by atoms with E-state index in [0.717, 1.165) is 6.42 Å². The quantitative estimate of drug-likeness (QED) is 0.624. The fourth-order valence-electron chi connectivity index (χ4n) is 1.33. The number of rotatable bonds is 1. The molecular weight excluding hydrogens is 176 g/mol. The van der Waals surface area contributed by atoms with Crippen molar-refractivity contribution in [2.75, 3.05) is 0 Å². The summed E-state index contributed by atoms with van der Waals surface area (Å²) in [7, 11) is 0. The molecule has 0 N–H and O–H groups in total. The van der Waals surface area contributed by atoms with E-state index in [-0.39, 0.29) is 0 Å². The van der Waals surface area contributed by atoms with E-state index in [4.69, 9.17) is 0 Å². The van der Waals surface area contributed by atoms with Gasteiger partial charge in [-0.25, -0.2) is 0 Å². The van der Waals surface area contributed by atoms with Crippen LogP contribution in [0.3, 0.4) is 0 Å². The Bertz CT molecular complexity index is 360. The molecule has 1 heterocycles. The maximum Gasteiger partial charge on any atom is 0.0374 e. The summed E-state index contributed by atoms with van der Waals surface area (Å²) >= 11 is 1.84. The van der Waals surface area contributed by atoms with Gasteiger partial charge in [0.2, 0.25) is 0 Å². The molecule has 1 heteroatoms. The Morgan fingerprint density at radius 2 is 1.92 bits per heavy atom. The maximum absolute atomic E-state index is 2.21. The summed E-state index contributed by atoms with van der Waals surface area (Å²) in [5.41, 5.74) is 1.47. The zero-order valence-electron chi connectivity index (χ0n) is 8.50. The average Bonchev–Trinajstić information content (AvgIpc) is 2.68. The normalized spacial score (nSPS) is 9.46. The van der Waals surface area contributed by atoms with Crippen LogP contribution < -0.4 is 0 Å². The molecule has 0 saturated heterocycles. The van der Waals surface area contributed by atoms with Gasteiger partial charge in [-0.2, -0.15) is 0 Å². The smallest absolute Gasteiger partial charge is 0.0374 e. The molecule has 0 aliphatic carbocycles. The predicted molar refractivity (Wildman–Crippen MR) is 62.6 cm³/mol. The molecule has 1 aromatic carbocycles. The van der Waals surface area contributed by atoms with Crippen LogP contribution in [0.4, 0.5) is 0 Å². The lowest BCUT2D eigenvalue weighted by Gasteiger charge is -1.96. The molecule has 1 aromatic heterocycles. The molecule has 2 rings (SSSR count). The first-order valence-corrected chi connectivity index (χ1v) is 5.75. The van der Waals surface area contributed by atoms with Gasteiger partial charge in [-0.3, -0.25) is 0 Å². The topological polar surface area (TPSA) is 0 Å². The van der Waals surface area contributed by atoms with Gasteiger partial charge >= 0.3 is 0 Å². The molecular formula is C12H16S. The second kappa shape index (κ2) is 5.03. The minimum atomic E-state index is 1.14. The number of hydrogen-bond donors (Lipinski definition) is 0. The zero-order chi connectivity index (χ0) is 9.68.